The summed E-state index contributed by atoms with van der Waals surface area (Å²) in [6.07, 6.45) is 5.96. The Kier molecular flexibility index (Phi) is 2.69. The Hall–Kier alpha value is -1.02. The lowest BCUT2D eigenvalue weighted by Crippen LogP contribution is -2.24. The van der Waals surface area contributed by atoms with E-state index in [0.29, 0.717) is 5.92 Å². The molecule has 0 amide bonds. The first kappa shape index (κ1) is 12.7. The van der Waals surface area contributed by atoms with Crippen molar-refractivity contribution in [1.82, 2.24) is 0 Å². The van der Waals surface area contributed by atoms with E-state index in [4.69, 9.17) is 4.74 Å². The van der Waals surface area contributed by atoms with Gasteiger partial charge in [0.1, 0.15) is 11.4 Å². The SMILES string of the molecule is CC1(C)Cc2cc(C(O)C3CC4CCC3C4)ccc2O1. The highest BCUT2D eigenvalue weighted by Gasteiger charge is 2.43. The van der Waals surface area contributed by atoms with Gasteiger partial charge in [0.05, 0.1) is 6.10 Å². The van der Waals surface area contributed by atoms with E-state index in [1.165, 1.54) is 31.2 Å². The number of aliphatic hydroxyl groups is 1. The molecule has 1 heterocycles. The molecule has 0 radical (unpaired) electrons. The first-order valence-corrected chi connectivity index (χ1v) is 8.02. The smallest absolute Gasteiger partial charge is 0.123 e. The van der Waals surface area contributed by atoms with E-state index >= 15 is 0 Å². The first-order chi connectivity index (χ1) is 9.52. The predicted molar refractivity (Wildman–Crippen MR) is 78.8 cm³/mol. The molecule has 4 unspecified atom stereocenters. The largest absolute Gasteiger partial charge is 0.487 e. The zero-order valence-electron chi connectivity index (χ0n) is 12.4. The average molecular weight is 272 g/mol. The fourth-order valence-electron chi connectivity index (χ4n) is 4.74. The average Bonchev–Trinajstić information content (AvgIpc) is 3.07. The minimum absolute atomic E-state index is 0.0989. The summed E-state index contributed by atoms with van der Waals surface area (Å²) in [6.45, 7) is 4.25. The van der Waals surface area contributed by atoms with Gasteiger partial charge in [-0.05, 0) is 74.1 Å². The van der Waals surface area contributed by atoms with E-state index in [1.807, 2.05) is 0 Å². The first-order valence-electron chi connectivity index (χ1n) is 8.02. The van der Waals surface area contributed by atoms with Crippen LogP contribution in [0.4, 0.5) is 0 Å². The summed E-state index contributed by atoms with van der Waals surface area (Å²) in [5.41, 5.74) is 2.26. The van der Waals surface area contributed by atoms with E-state index in [-0.39, 0.29) is 11.7 Å². The molecule has 1 N–H and O–H groups in total. The maximum Gasteiger partial charge on any atom is 0.123 e. The van der Waals surface area contributed by atoms with Gasteiger partial charge >= 0.3 is 0 Å². The van der Waals surface area contributed by atoms with Gasteiger partial charge < -0.3 is 9.84 Å². The fourth-order valence-corrected chi connectivity index (χ4v) is 4.74. The van der Waals surface area contributed by atoms with E-state index < -0.39 is 0 Å². The summed E-state index contributed by atoms with van der Waals surface area (Å²) in [7, 11) is 0. The summed E-state index contributed by atoms with van der Waals surface area (Å²) in [5, 5.41) is 10.8. The van der Waals surface area contributed by atoms with Crippen LogP contribution >= 0.6 is 0 Å². The lowest BCUT2D eigenvalue weighted by atomic mass is 9.81. The van der Waals surface area contributed by atoms with Gasteiger partial charge in [-0.2, -0.15) is 0 Å². The summed E-state index contributed by atoms with van der Waals surface area (Å²) >= 11 is 0. The predicted octanol–water partition coefficient (Wildman–Crippen LogP) is 3.87. The molecule has 108 valence electrons. The molecule has 2 fully saturated rings. The molecule has 1 aromatic carbocycles. The minimum Gasteiger partial charge on any atom is -0.487 e. The maximum atomic E-state index is 10.8. The molecular formula is C18H24O2. The van der Waals surface area contributed by atoms with Crippen LogP contribution in [0.15, 0.2) is 18.2 Å². The van der Waals surface area contributed by atoms with Crippen LogP contribution in [-0.4, -0.2) is 10.7 Å². The van der Waals surface area contributed by atoms with Crippen LogP contribution < -0.4 is 4.74 Å². The molecule has 0 saturated heterocycles. The molecule has 2 saturated carbocycles. The molecule has 0 aromatic heterocycles. The Bertz CT molecular complexity index is 534. The zero-order chi connectivity index (χ0) is 13.9. The van der Waals surface area contributed by atoms with Crippen LogP contribution in [0.5, 0.6) is 5.75 Å². The number of benzene rings is 1. The van der Waals surface area contributed by atoms with Gasteiger partial charge in [-0.3, -0.25) is 0 Å². The van der Waals surface area contributed by atoms with Gasteiger partial charge in [0.25, 0.3) is 0 Å². The quantitative estimate of drug-likeness (QED) is 0.885. The van der Waals surface area contributed by atoms with Crippen molar-refractivity contribution in [2.24, 2.45) is 17.8 Å². The minimum atomic E-state index is -0.278. The highest BCUT2D eigenvalue weighted by atomic mass is 16.5. The van der Waals surface area contributed by atoms with Gasteiger partial charge in [0, 0.05) is 6.42 Å². The summed E-state index contributed by atoms with van der Waals surface area (Å²) in [6, 6.07) is 6.30. The Balaban J connectivity index is 1.58. The third-order valence-electron chi connectivity index (χ3n) is 5.63. The molecule has 0 spiro atoms. The number of hydrogen-bond donors (Lipinski definition) is 1. The lowest BCUT2D eigenvalue weighted by molar-refractivity contribution is 0.0744. The van der Waals surface area contributed by atoms with Crippen LogP contribution in [0.1, 0.15) is 56.8 Å². The zero-order valence-corrected chi connectivity index (χ0v) is 12.4. The van der Waals surface area contributed by atoms with Crippen LogP contribution in [0.2, 0.25) is 0 Å². The highest BCUT2D eigenvalue weighted by Crippen LogP contribution is 2.52. The van der Waals surface area contributed by atoms with Crippen molar-refractivity contribution in [2.45, 2.75) is 57.7 Å². The molecule has 1 aliphatic heterocycles. The maximum absolute atomic E-state index is 10.8. The lowest BCUT2D eigenvalue weighted by Gasteiger charge is -2.27. The number of rotatable bonds is 2. The van der Waals surface area contributed by atoms with Gasteiger partial charge in [-0.1, -0.05) is 12.5 Å². The second kappa shape index (κ2) is 4.24. The van der Waals surface area contributed by atoms with Gasteiger partial charge in [0.2, 0.25) is 0 Å². The number of aliphatic hydroxyl groups excluding tert-OH is 1. The molecule has 4 atom stereocenters. The van der Waals surface area contributed by atoms with Crippen LogP contribution in [-0.2, 0) is 6.42 Å². The summed E-state index contributed by atoms with van der Waals surface area (Å²) in [4.78, 5) is 0. The third kappa shape index (κ3) is 1.96. The van der Waals surface area contributed by atoms with Crippen LogP contribution in [0.25, 0.3) is 0 Å². The van der Waals surface area contributed by atoms with Crippen molar-refractivity contribution < 1.29 is 9.84 Å². The van der Waals surface area contributed by atoms with Gasteiger partial charge in [-0.25, -0.2) is 0 Å². The third-order valence-corrected chi connectivity index (χ3v) is 5.63. The Morgan fingerprint density at radius 3 is 2.80 bits per heavy atom. The molecule has 3 aliphatic rings. The highest BCUT2D eigenvalue weighted by molar-refractivity contribution is 5.42. The normalized spacial score (nSPS) is 34.9. The fraction of sp³-hybridized carbons (Fsp3) is 0.667. The Morgan fingerprint density at radius 2 is 2.10 bits per heavy atom. The molecule has 2 heteroatoms. The van der Waals surface area contributed by atoms with Crippen LogP contribution in [0.3, 0.4) is 0 Å². The molecule has 4 rings (SSSR count). The van der Waals surface area contributed by atoms with E-state index in [9.17, 15) is 5.11 Å². The monoisotopic (exact) mass is 272 g/mol. The van der Waals surface area contributed by atoms with Gasteiger partial charge in [-0.15, -0.1) is 0 Å². The molecule has 1 aromatic rings. The van der Waals surface area contributed by atoms with Crippen molar-refractivity contribution in [1.29, 1.82) is 0 Å². The van der Waals surface area contributed by atoms with Crippen molar-refractivity contribution in [3.8, 4) is 5.75 Å². The molecule has 2 aliphatic carbocycles. The second-order valence-electron chi connectivity index (χ2n) is 7.69. The van der Waals surface area contributed by atoms with Crippen LogP contribution in [0, 0.1) is 17.8 Å². The Morgan fingerprint density at radius 1 is 1.25 bits per heavy atom. The van der Waals surface area contributed by atoms with Crippen molar-refractivity contribution >= 4 is 0 Å². The van der Waals surface area contributed by atoms with E-state index in [0.717, 1.165) is 29.6 Å². The summed E-state index contributed by atoms with van der Waals surface area (Å²) < 4.78 is 5.92. The molecule has 2 nitrogen and oxygen atoms in total. The summed E-state index contributed by atoms with van der Waals surface area (Å²) in [5.74, 6) is 3.13. The van der Waals surface area contributed by atoms with E-state index in [1.54, 1.807) is 0 Å². The topological polar surface area (TPSA) is 29.5 Å². The molecule has 2 bridgehead atoms. The number of ether oxygens (including phenoxy) is 1. The molecule has 20 heavy (non-hydrogen) atoms. The van der Waals surface area contributed by atoms with Crippen molar-refractivity contribution in [3.63, 3.8) is 0 Å². The van der Waals surface area contributed by atoms with E-state index in [2.05, 4.69) is 32.0 Å². The van der Waals surface area contributed by atoms with Crippen molar-refractivity contribution in [3.05, 3.63) is 29.3 Å². The van der Waals surface area contributed by atoms with Crippen molar-refractivity contribution in [2.75, 3.05) is 0 Å². The Labute approximate surface area is 121 Å². The number of hydrogen-bond acceptors (Lipinski definition) is 2. The second-order valence-corrected chi connectivity index (χ2v) is 7.69. The molecular weight excluding hydrogens is 248 g/mol. The number of fused-ring (bicyclic) bond motifs is 3. The van der Waals surface area contributed by atoms with Gasteiger partial charge in [0.15, 0.2) is 0 Å². The standard InChI is InChI=1S/C18H24O2/c1-18(2)10-14-9-13(5-6-16(14)20-18)17(19)15-8-11-3-4-12(15)7-11/h5-6,9,11-12,15,17,19H,3-4,7-8,10H2,1-2H3.